The van der Waals surface area contributed by atoms with E-state index in [2.05, 4.69) is 9.34 Å². The highest BCUT2D eigenvalue weighted by molar-refractivity contribution is 7.64. The van der Waals surface area contributed by atoms with Crippen LogP contribution in [0.3, 0.4) is 0 Å². The second-order valence-electron chi connectivity index (χ2n) is 5.41. The van der Waals surface area contributed by atoms with Gasteiger partial charge in [-0.2, -0.15) is 0 Å². The monoisotopic (exact) mass is 312 g/mol. The van der Waals surface area contributed by atoms with Crippen molar-refractivity contribution in [2.45, 2.75) is 49.5 Å². The lowest BCUT2D eigenvalue weighted by Gasteiger charge is -2.46. The third-order valence-electron chi connectivity index (χ3n) is 3.94. The van der Waals surface area contributed by atoms with E-state index in [-0.39, 0.29) is 0 Å². The normalized spacial score (nSPS) is 25.3. The molecule has 0 aromatic carbocycles. The number of hydrogen-bond donors (Lipinski definition) is 0. The predicted octanol–water partition coefficient (Wildman–Crippen LogP) is 4.30. The van der Waals surface area contributed by atoms with Crippen LogP contribution in [0.25, 0.3) is 0 Å². The Bertz CT molecular complexity index is 299. The lowest BCUT2D eigenvalue weighted by molar-refractivity contribution is 0.273. The Balaban J connectivity index is 2.24. The van der Waals surface area contributed by atoms with Crippen molar-refractivity contribution in [3.05, 3.63) is 0 Å². The zero-order valence-electron chi connectivity index (χ0n) is 11.1. The molecule has 2 heterocycles. The smallest absolute Gasteiger partial charge is 0.251 e. The minimum absolute atomic E-state index is 0.864. The van der Waals surface area contributed by atoms with E-state index in [0.29, 0.717) is 0 Å². The average molecular weight is 313 g/mol. The van der Waals surface area contributed by atoms with Crippen molar-refractivity contribution in [1.29, 1.82) is 0 Å². The molecule has 18 heavy (non-hydrogen) atoms. The molecule has 0 aromatic rings. The van der Waals surface area contributed by atoms with E-state index in [1.807, 2.05) is 0 Å². The molecule has 2 saturated heterocycles. The van der Waals surface area contributed by atoms with Crippen molar-refractivity contribution in [3.63, 3.8) is 0 Å². The molecule has 0 bridgehead atoms. The molecule has 0 N–H and O–H groups in total. The molecule has 0 spiro atoms. The topological polar surface area (TPSA) is 23.6 Å². The zero-order valence-corrected chi connectivity index (χ0v) is 13.5. The molecule has 2 aliphatic rings. The summed E-state index contributed by atoms with van der Waals surface area (Å²) in [6.07, 6.45) is 6.84. The second-order valence-corrected chi connectivity index (χ2v) is 10.8. The first-order chi connectivity index (χ1) is 8.46. The molecule has 2 rings (SSSR count). The first-order valence-electron chi connectivity index (χ1n) is 6.95. The van der Waals surface area contributed by atoms with Crippen LogP contribution in [0.5, 0.6) is 0 Å². The summed E-state index contributed by atoms with van der Waals surface area (Å²) in [5.41, 5.74) is 0. The van der Waals surface area contributed by atoms with E-state index in [1.54, 1.807) is 6.92 Å². The molecule has 106 valence electrons. The number of nitrogens with zero attached hydrogens (tertiary/aromatic N) is 2. The Labute approximate surface area is 120 Å². The molecule has 0 atom stereocenters. The summed E-state index contributed by atoms with van der Waals surface area (Å²) in [4.78, 5) is 0. The Kier molecular flexibility index (Phi) is 5.05. The van der Waals surface area contributed by atoms with Gasteiger partial charge in [0.15, 0.2) is 4.07 Å². The van der Waals surface area contributed by atoms with Crippen molar-refractivity contribution >= 4 is 30.6 Å². The summed E-state index contributed by atoms with van der Waals surface area (Å²) in [6.45, 7) is 5.15. The number of hydrogen-bond acceptors (Lipinski definition) is 1. The molecule has 2 aliphatic heterocycles. The van der Waals surface area contributed by atoms with Crippen LogP contribution < -0.4 is 0 Å². The molecular formula is C12H23Cl2N2OP. The van der Waals surface area contributed by atoms with Gasteiger partial charge in [0.25, 0.3) is 7.44 Å². The number of piperidine rings is 2. The van der Waals surface area contributed by atoms with Crippen molar-refractivity contribution in [3.8, 4) is 0 Å². The fraction of sp³-hybridized carbons (Fsp3) is 1.00. The number of rotatable bonds is 3. The molecule has 0 unspecified atom stereocenters. The fourth-order valence-corrected chi connectivity index (χ4v) is 7.26. The molecule has 0 aromatic heterocycles. The molecule has 0 radical (unpaired) electrons. The van der Waals surface area contributed by atoms with Crippen LogP contribution in [0.4, 0.5) is 0 Å². The Morgan fingerprint density at radius 3 is 1.44 bits per heavy atom. The van der Waals surface area contributed by atoms with Gasteiger partial charge in [0.1, 0.15) is 0 Å². The van der Waals surface area contributed by atoms with Gasteiger partial charge in [-0.25, -0.2) is 9.34 Å². The summed E-state index contributed by atoms with van der Waals surface area (Å²) in [7, 11) is -2.86. The minimum Gasteiger partial charge on any atom is -0.286 e. The summed E-state index contributed by atoms with van der Waals surface area (Å²) in [6, 6.07) is 0. The van der Waals surface area contributed by atoms with Gasteiger partial charge >= 0.3 is 0 Å². The van der Waals surface area contributed by atoms with Gasteiger partial charge in [-0.05, 0) is 32.6 Å². The van der Waals surface area contributed by atoms with Gasteiger partial charge in [-0.1, -0.05) is 36.0 Å². The lowest BCUT2D eigenvalue weighted by atomic mass is 10.2. The van der Waals surface area contributed by atoms with Crippen LogP contribution in [0.1, 0.15) is 45.4 Å². The number of halogens is 2. The third-order valence-corrected chi connectivity index (χ3v) is 8.62. The standard InChI is InChI=1S/C12H23Cl2N2OP/c1-12(13,14)18(17,15-8-4-2-5-9-15)16-10-6-3-7-11-16/h2-11H2,1H3. The maximum absolute atomic E-state index is 13.5. The average Bonchev–Trinajstić information content (AvgIpc) is 2.38. The molecule has 2 fully saturated rings. The first-order valence-corrected chi connectivity index (χ1v) is 9.32. The minimum atomic E-state index is -2.86. The van der Waals surface area contributed by atoms with E-state index in [4.69, 9.17) is 23.2 Å². The molecule has 0 amide bonds. The summed E-state index contributed by atoms with van der Waals surface area (Å²) in [5, 5.41) is 0. The van der Waals surface area contributed by atoms with Gasteiger partial charge in [0, 0.05) is 26.2 Å². The highest BCUT2D eigenvalue weighted by atomic mass is 35.5. The van der Waals surface area contributed by atoms with Gasteiger partial charge in [0.05, 0.1) is 0 Å². The van der Waals surface area contributed by atoms with E-state index in [9.17, 15) is 4.57 Å². The Hall–Kier alpha value is 0.730. The maximum Gasteiger partial charge on any atom is 0.251 e. The lowest BCUT2D eigenvalue weighted by Crippen LogP contribution is -2.42. The Morgan fingerprint density at radius 1 is 0.833 bits per heavy atom. The fourth-order valence-electron chi connectivity index (χ4n) is 2.97. The van der Waals surface area contributed by atoms with E-state index < -0.39 is 11.5 Å². The number of alkyl halides is 2. The summed E-state index contributed by atoms with van der Waals surface area (Å²) < 4.78 is 16.5. The summed E-state index contributed by atoms with van der Waals surface area (Å²) >= 11 is 12.7. The van der Waals surface area contributed by atoms with Crippen molar-refractivity contribution in [2.75, 3.05) is 26.2 Å². The molecular weight excluding hydrogens is 290 g/mol. The second kappa shape index (κ2) is 6.01. The molecule has 6 heteroatoms. The van der Waals surface area contributed by atoms with Crippen LogP contribution >= 0.6 is 30.6 Å². The highest BCUT2D eigenvalue weighted by Gasteiger charge is 2.50. The van der Waals surface area contributed by atoms with Crippen LogP contribution in [0.15, 0.2) is 0 Å². The first kappa shape index (κ1) is 15.1. The predicted molar refractivity (Wildman–Crippen MR) is 78.6 cm³/mol. The molecule has 0 saturated carbocycles. The molecule has 3 nitrogen and oxygen atoms in total. The largest absolute Gasteiger partial charge is 0.286 e. The highest BCUT2D eigenvalue weighted by Crippen LogP contribution is 2.68. The van der Waals surface area contributed by atoms with Gasteiger partial charge in [-0.3, -0.25) is 4.57 Å². The van der Waals surface area contributed by atoms with Crippen molar-refractivity contribution in [2.24, 2.45) is 0 Å². The molecule has 0 aliphatic carbocycles. The van der Waals surface area contributed by atoms with Crippen LogP contribution in [-0.4, -0.2) is 39.6 Å². The van der Waals surface area contributed by atoms with Gasteiger partial charge in [-0.15, -0.1) is 0 Å². The van der Waals surface area contributed by atoms with E-state index >= 15 is 0 Å². The van der Waals surface area contributed by atoms with Crippen LogP contribution in [0, 0.1) is 0 Å². The van der Waals surface area contributed by atoms with Crippen LogP contribution in [0.2, 0.25) is 0 Å². The van der Waals surface area contributed by atoms with Gasteiger partial charge < -0.3 is 0 Å². The van der Waals surface area contributed by atoms with Gasteiger partial charge in [0.2, 0.25) is 0 Å². The SMILES string of the molecule is CC(Cl)(Cl)P(=O)(N1CCCCC1)N1CCCCC1. The van der Waals surface area contributed by atoms with Crippen molar-refractivity contribution < 1.29 is 4.57 Å². The van der Waals surface area contributed by atoms with E-state index in [1.165, 1.54) is 12.8 Å². The zero-order chi connectivity index (χ0) is 13.2. The maximum atomic E-state index is 13.5. The van der Waals surface area contributed by atoms with Crippen molar-refractivity contribution in [1.82, 2.24) is 9.34 Å². The summed E-state index contributed by atoms with van der Waals surface area (Å²) in [5.74, 6) is 0. The van der Waals surface area contributed by atoms with Crippen LogP contribution in [-0.2, 0) is 4.57 Å². The third kappa shape index (κ3) is 2.91. The Morgan fingerprint density at radius 2 is 1.17 bits per heavy atom. The van der Waals surface area contributed by atoms with E-state index in [0.717, 1.165) is 51.9 Å². The quantitative estimate of drug-likeness (QED) is 0.573.